The lowest BCUT2D eigenvalue weighted by molar-refractivity contribution is -0.385. The Kier molecular flexibility index (Phi) is 5.19. The predicted octanol–water partition coefficient (Wildman–Crippen LogP) is 4.87. The van der Waals surface area contributed by atoms with Gasteiger partial charge in [0.2, 0.25) is 0 Å². The number of ether oxygens (including phenoxy) is 4. The maximum atomic E-state index is 12.2. The summed E-state index contributed by atoms with van der Waals surface area (Å²) in [4.78, 5) is 23.1. The van der Waals surface area contributed by atoms with Crippen LogP contribution in [0.2, 0.25) is 0 Å². The fraction of sp³-hybridized carbons (Fsp3) is 0.667. The summed E-state index contributed by atoms with van der Waals surface area (Å²) in [6.45, 7) is 7.81. The quantitative estimate of drug-likeness (QED) is 0.344. The first-order valence-corrected chi connectivity index (χ1v) is 12.7. The smallest absolute Gasteiger partial charge is 0.336 e. The van der Waals surface area contributed by atoms with E-state index in [9.17, 15) is 14.9 Å². The molecule has 0 aromatic heterocycles. The lowest BCUT2D eigenvalue weighted by atomic mass is 9.44. The average Bonchev–Trinajstić information content (AvgIpc) is 3.41. The van der Waals surface area contributed by atoms with E-state index in [1.165, 1.54) is 6.07 Å². The van der Waals surface area contributed by atoms with E-state index in [-0.39, 0.29) is 45.2 Å². The van der Waals surface area contributed by atoms with Crippen LogP contribution in [0, 0.1) is 32.8 Å². The third-order valence-electron chi connectivity index (χ3n) is 9.88. The fourth-order valence-electron chi connectivity index (χ4n) is 8.20. The molecule has 0 radical (unpaired) electrons. The van der Waals surface area contributed by atoms with Crippen LogP contribution in [-0.2, 0) is 23.7 Å². The van der Waals surface area contributed by atoms with Crippen LogP contribution in [0.15, 0.2) is 35.9 Å². The number of hydrogen-bond donors (Lipinski definition) is 0. The molecule has 2 saturated carbocycles. The van der Waals surface area contributed by atoms with Crippen molar-refractivity contribution in [3.05, 3.63) is 51.6 Å². The number of nitro groups is 1. The molecule has 6 rings (SSSR count). The van der Waals surface area contributed by atoms with Gasteiger partial charge in [0.15, 0.2) is 6.29 Å². The normalized spacial score (nSPS) is 44.6. The highest BCUT2D eigenvalue weighted by Crippen LogP contribution is 2.67. The van der Waals surface area contributed by atoms with Crippen LogP contribution in [-0.4, -0.2) is 41.9 Å². The first-order valence-electron chi connectivity index (χ1n) is 12.7. The van der Waals surface area contributed by atoms with Crippen LogP contribution in [0.5, 0.6) is 0 Å². The Labute approximate surface area is 205 Å². The van der Waals surface area contributed by atoms with Crippen molar-refractivity contribution in [3.63, 3.8) is 0 Å². The molecule has 8 atom stereocenters. The van der Waals surface area contributed by atoms with Gasteiger partial charge < -0.3 is 18.9 Å². The molecule has 8 nitrogen and oxygen atoms in total. The van der Waals surface area contributed by atoms with Crippen molar-refractivity contribution in [2.75, 3.05) is 13.2 Å². The highest BCUT2D eigenvalue weighted by Gasteiger charge is 2.66. The van der Waals surface area contributed by atoms with Crippen molar-refractivity contribution in [2.45, 2.75) is 77.0 Å². The number of nitro benzene ring substituents is 1. The molecule has 0 N–H and O–H groups in total. The highest BCUT2D eigenvalue weighted by atomic mass is 16.7. The van der Waals surface area contributed by atoms with Crippen molar-refractivity contribution in [2.24, 2.45) is 22.7 Å². The maximum absolute atomic E-state index is 12.2. The van der Waals surface area contributed by atoms with Gasteiger partial charge in [0, 0.05) is 23.1 Å². The average molecular weight is 484 g/mol. The number of benzene rings is 1. The Morgan fingerprint density at radius 3 is 2.66 bits per heavy atom. The summed E-state index contributed by atoms with van der Waals surface area (Å²) in [6, 6.07) is 6.54. The molecule has 8 heteroatoms. The van der Waals surface area contributed by atoms with E-state index in [2.05, 4.69) is 20.8 Å². The van der Waals surface area contributed by atoms with Crippen LogP contribution < -0.4 is 0 Å². The Morgan fingerprint density at radius 1 is 1.09 bits per heavy atom. The molecular formula is C27H33NO7. The van der Waals surface area contributed by atoms with Crippen LogP contribution in [0.4, 0.5) is 5.69 Å². The maximum Gasteiger partial charge on any atom is 0.336 e. The fourth-order valence-corrected chi connectivity index (χ4v) is 8.20. The number of carbonyl (C=O) groups excluding carboxylic acids is 1. The van der Waals surface area contributed by atoms with Crippen molar-refractivity contribution in [1.82, 2.24) is 0 Å². The van der Waals surface area contributed by atoms with Crippen molar-refractivity contribution < 1.29 is 28.7 Å². The van der Waals surface area contributed by atoms with E-state index in [1.807, 2.05) is 12.1 Å². The number of nitrogens with zero attached hydrogens (tertiary/aromatic N) is 1. The molecule has 188 valence electrons. The van der Waals surface area contributed by atoms with Gasteiger partial charge in [0.05, 0.1) is 34.9 Å². The van der Waals surface area contributed by atoms with Gasteiger partial charge in [0.1, 0.15) is 6.61 Å². The molecule has 35 heavy (non-hydrogen) atoms. The van der Waals surface area contributed by atoms with Crippen LogP contribution in [0.3, 0.4) is 0 Å². The second-order valence-electron chi connectivity index (χ2n) is 11.7. The van der Waals surface area contributed by atoms with Gasteiger partial charge in [-0.05, 0) is 62.4 Å². The first-order chi connectivity index (χ1) is 16.6. The van der Waals surface area contributed by atoms with Crippen LogP contribution >= 0.6 is 0 Å². The van der Waals surface area contributed by atoms with E-state index in [4.69, 9.17) is 18.9 Å². The Morgan fingerprint density at radius 2 is 1.91 bits per heavy atom. The molecule has 1 aromatic rings. The largest absolute Gasteiger partial charge is 0.458 e. The number of esters is 1. The lowest BCUT2D eigenvalue weighted by Crippen LogP contribution is -2.63. The number of fused-ring (bicyclic) bond motifs is 5. The Hall–Kier alpha value is -2.29. The summed E-state index contributed by atoms with van der Waals surface area (Å²) in [5, 5.41) is 11.2. The van der Waals surface area contributed by atoms with Gasteiger partial charge >= 0.3 is 5.97 Å². The van der Waals surface area contributed by atoms with Gasteiger partial charge in [-0.1, -0.05) is 26.0 Å². The molecule has 0 amide bonds. The van der Waals surface area contributed by atoms with Crippen molar-refractivity contribution >= 4 is 11.7 Å². The summed E-state index contributed by atoms with van der Waals surface area (Å²) in [5.41, 5.74) is 1.04. The van der Waals surface area contributed by atoms with Crippen molar-refractivity contribution in [1.29, 1.82) is 0 Å². The summed E-state index contributed by atoms with van der Waals surface area (Å²) in [6.07, 6.45) is 5.82. The first kappa shape index (κ1) is 23.1. The molecular weight excluding hydrogens is 450 g/mol. The molecule has 8 unspecified atom stereocenters. The molecule has 5 aliphatic rings. The third-order valence-corrected chi connectivity index (χ3v) is 9.88. The summed E-state index contributed by atoms with van der Waals surface area (Å²) in [7, 11) is 0. The van der Waals surface area contributed by atoms with Gasteiger partial charge in [-0.3, -0.25) is 10.1 Å². The van der Waals surface area contributed by atoms with Gasteiger partial charge in [-0.15, -0.1) is 0 Å². The minimum Gasteiger partial charge on any atom is -0.458 e. The molecule has 2 saturated heterocycles. The monoisotopic (exact) mass is 483 g/mol. The second kappa shape index (κ2) is 7.85. The van der Waals surface area contributed by atoms with E-state index < -0.39 is 6.29 Å². The molecule has 3 aliphatic heterocycles. The second-order valence-corrected chi connectivity index (χ2v) is 11.7. The predicted molar refractivity (Wildman–Crippen MR) is 125 cm³/mol. The number of carbonyl (C=O) groups is 1. The SMILES string of the molecule is CC12CCC3C4(C)COC(c5cccc([N+](=O)[O-])c5)OC4CCC3(C)C1CC(C1=CCOC1=O)O2. The molecule has 2 aliphatic carbocycles. The molecule has 1 aromatic carbocycles. The van der Waals surface area contributed by atoms with Crippen LogP contribution in [0.1, 0.15) is 64.7 Å². The standard InChI is InChI=1S/C27H33NO7/c1-25-10-8-22-26(2,15-33-24(34-22)16-5-4-6-17(13-16)28(30)31)20(25)7-11-27(3)21(25)14-19(35-27)18-9-12-32-23(18)29/h4-6,9,13,19-22,24H,7-8,10-12,14-15H2,1-3H3. The molecule has 0 bridgehead atoms. The van der Waals surface area contributed by atoms with Crippen LogP contribution in [0.25, 0.3) is 0 Å². The highest BCUT2D eigenvalue weighted by molar-refractivity contribution is 5.91. The summed E-state index contributed by atoms with van der Waals surface area (Å²) in [5.74, 6) is 0.487. The molecule has 3 heterocycles. The Balaban J connectivity index is 1.24. The number of cyclic esters (lactones) is 1. The lowest BCUT2D eigenvalue weighted by Gasteiger charge is -2.64. The summed E-state index contributed by atoms with van der Waals surface area (Å²) < 4.78 is 24.6. The zero-order valence-electron chi connectivity index (χ0n) is 20.5. The van der Waals surface area contributed by atoms with E-state index in [0.717, 1.165) is 32.1 Å². The topological polar surface area (TPSA) is 97.1 Å². The molecule has 4 fully saturated rings. The minimum atomic E-state index is -0.592. The van der Waals surface area contributed by atoms with Gasteiger partial charge in [-0.25, -0.2) is 4.79 Å². The third kappa shape index (κ3) is 3.40. The van der Waals surface area contributed by atoms with E-state index >= 15 is 0 Å². The number of hydrogen-bond acceptors (Lipinski definition) is 7. The van der Waals surface area contributed by atoms with Gasteiger partial charge in [-0.2, -0.15) is 0 Å². The zero-order valence-corrected chi connectivity index (χ0v) is 20.5. The number of rotatable bonds is 3. The Bertz CT molecular complexity index is 1100. The summed E-state index contributed by atoms with van der Waals surface area (Å²) >= 11 is 0. The van der Waals surface area contributed by atoms with E-state index in [0.29, 0.717) is 36.2 Å². The van der Waals surface area contributed by atoms with Crippen molar-refractivity contribution in [3.8, 4) is 0 Å². The minimum absolute atomic E-state index is 0.0218. The zero-order chi connectivity index (χ0) is 24.6. The van der Waals surface area contributed by atoms with E-state index in [1.54, 1.807) is 12.1 Å². The number of non-ortho nitro benzene ring substituents is 1. The van der Waals surface area contributed by atoms with Gasteiger partial charge in [0.25, 0.3) is 5.69 Å². The molecule has 0 spiro atoms.